The topological polar surface area (TPSA) is 130 Å². The van der Waals surface area contributed by atoms with Crippen molar-refractivity contribution in [3.63, 3.8) is 0 Å². The Morgan fingerprint density at radius 2 is 1.71 bits per heavy atom. The highest BCUT2D eigenvalue weighted by Gasteiger charge is 2.25. The largest absolute Gasteiger partial charge is 0.480 e. The monoisotopic (exact) mass is 378 g/mol. The van der Waals surface area contributed by atoms with Gasteiger partial charge in [0, 0.05) is 6.54 Å². The highest BCUT2D eigenvalue weighted by atomic mass is 32.2. The van der Waals surface area contributed by atoms with Crippen molar-refractivity contribution in [2.45, 2.75) is 31.2 Å². The maximum atomic E-state index is 12.0. The van der Waals surface area contributed by atoms with Crippen LogP contribution in [0.15, 0.2) is 35.2 Å². The number of aliphatic carboxylic acids is 1. The van der Waals surface area contributed by atoms with Gasteiger partial charge in [0.2, 0.25) is 20.0 Å². The summed E-state index contributed by atoms with van der Waals surface area (Å²) in [5, 5.41) is 9.05. The number of hydrogen-bond acceptors (Lipinski definition) is 5. The summed E-state index contributed by atoms with van der Waals surface area (Å²) in [6, 6.07) is 6.30. The Morgan fingerprint density at radius 1 is 1.12 bits per heavy atom. The number of carboxylic acid groups (broad SMARTS) is 1. The normalized spacial score (nSPS) is 13.8. The molecule has 1 aromatic rings. The summed E-state index contributed by atoms with van der Waals surface area (Å²) in [7, 11) is -7.74. The van der Waals surface area contributed by atoms with Gasteiger partial charge in [0.1, 0.15) is 6.04 Å². The van der Waals surface area contributed by atoms with Gasteiger partial charge in [-0.15, -0.1) is 0 Å². The van der Waals surface area contributed by atoms with Crippen molar-refractivity contribution in [2.75, 3.05) is 12.3 Å². The number of nitrogens with one attached hydrogen (secondary N) is 2. The lowest BCUT2D eigenvalue weighted by atomic mass is 10.1. The van der Waals surface area contributed by atoms with E-state index in [1.165, 1.54) is 12.1 Å². The van der Waals surface area contributed by atoms with Crippen LogP contribution in [0.3, 0.4) is 0 Å². The van der Waals surface area contributed by atoms with E-state index in [4.69, 9.17) is 5.11 Å². The zero-order chi connectivity index (χ0) is 18.4. The van der Waals surface area contributed by atoms with E-state index in [1.54, 1.807) is 32.0 Å². The van der Waals surface area contributed by atoms with Gasteiger partial charge in [0.05, 0.1) is 10.6 Å². The fraction of sp³-hybridized carbons (Fsp3) is 0.500. The third-order valence-electron chi connectivity index (χ3n) is 3.04. The van der Waals surface area contributed by atoms with E-state index in [0.717, 1.165) is 0 Å². The quantitative estimate of drug-likeness (QED) is 0.540. The van der Waals surface area contributed by atoms with E-state index in [0.29, 0.717) is 0 Å². The second kappa shape index (κ2) is 8.56. The molecular formula is C14H22N2O6S2. The molecule has 0 aliphatic rings. The molecule has 1 aromatic carbocycles. The average molecular weight is 378 g/mol. The Bertz CT molecular complexity index is 745. The molecule has 0 saturated carbocycles. The summed E-state index contributed by atoms with van der Waals surface area (Å²) in [6.07, 6.45) is 0.143. The molecular weight excluding hydrogens is 356 g/mol. The molecule has 1 rings (SSSR count). The first-order chi connectivity index (χ1) is 11.0. The molecule has 136 valence electrons. The van der Waals surface area contributed by atoms with Crippen molar-refractivity contribution >= 4 is 26.0 Å². The molecule has 0 aliphatic carbocycles. The first-order valence-electron chi connectivity index (χ1n) is 7.31. The van der Waals surface area contributed by atoms with Crippen LogP contribution in [0.5, 0.6) is 0 Å². The van der Waals surface area contributed by atoms with Crippen molar-refractivity contribution in [3.8, 4) is 0 Å². The second-order valence-corrected chi connectivity index (χ2v) is 9.31. The van der Waals surface area contributed by atoms with Gasteiger partial charge in [-0.3, -0.25) is 4.79 Å². The van der Waals surface area contributed by atoms with Gasteiger partial charge in [-0.2, -0.15) is 0 Å². The molecule has 0 saturated heterocycles. The van der Waals surface area contributed by atoms with Gasteiger partial charge in [0.25, 0.3) is 0 Å². The smallest absolute Gasteiger partial charge is 0.321 e. The molecule has 24 heavy (non-hydrogen) atoms. The fourth-order valence-corrected chi connectivity index (χ4v) is 4.24. The molecule has 0 aromatic heterocycles. The zero-order valence-electron chi connectivity index (χ0n) is 13.5. The van der Waals surface area contributed by atoms with Crippen molar-refractivity contribution in [3.05, 3.63) is 30.3 Å². The summed E-state index contributed by atoms with van der Waals surface area (Å²) in [4.78, 5) is 11.1. The molecule has 8 nitrogen and oxygen atoms in total. The Labute approximate surface area is 142 Å². The highest BCUT2D eigenvalue weighted by molar-refractivity contribution is 7.90. The van der Waals surface area contributed by atoms with Gasteiger partial charge in [-0.25, -0.2) is 26.3 Å². The zero-order valence-corrected chi connectivity index (χ0v) is 15.1. The number of carboxylic acids is 1. The summed E-state index contributed by atoms with van der Waals surface area (Å²) in [5.41, 5.74) is 0. The predicted molar refractivity (Wildman–Crippen MR) is 89.4 cm³/mol. The van der Waals surface area contributed by atoms with Crippen LogP contribution in [-0.4, -0.2) is 46.3 Å². The maximum Gasteiger partial charge on any atom is 0.321 e. The van der Waals surface area contributed by atoms with E-state index in [2.05, 4.69) is 9.44 Å². The lowest BCUT2D eigenvalue weighted by Crippen LogP contribution is -2.44. The van der Waals surface area contributed by atoms with E-state index in [-0.39, 0.29) is 23.8 Å². The lowest BCUT2D eigenvalue weighted by Gasteiger charge is -2.16. The van der Waals surface area contributed by atoms with Crippen LogP contribution in [0, 0.1) is 5.92 Å². The first-order valence-corrected chi connectivity index (χ1v) is 10.4. The summed E-state index contributed by atoms with van der Waals surface area (Å²) < 4.78 is 52.1. The van der Waals surface area contributed by atoms with Gasteiger partial charge in [-0.05, 0) is 24.5 Å². The van der Waals surface area contributed by atoms with Gasteiger partial charge >= 0.3 is 5.97 Å². The van der Waals surface area contributed by atoms with Gasteiger partial charge in [-0.1, -0.05) is 32.0 Å². The van der Waals surface area contributed by atoms with Gasteiger partial charge in [0.15, 0.2) is 0 Å². The minimum Gasteiger partial charge on any atom is -0.480 e. The van der Waals surface area contributed by atoms with Crippen LogP contribution in [0.2, 0.25) is 0 Å². The van der Waals surface area contributed by atoms with E-state index in [1.807, 2.05) is 0 Å². The molecule has 1 unspecified atom stereocenters. The summed E-state index contributed by atoms with van der Waals surface area (Å²) in [5.74, 6) is -1.83. The third kappa shape index (κ3) is 6.95. The number of sulfonamides is 2. The Morgan fingerprint density at radius 3 is 2.21 bits per heavy atom. The maximum absolute atomic E-state index is 12.0. The minimum atomic E-state index is -3.93. The number of rotatable bonds is 10. The van der Waals surface area contributed by atoms with Crippen molar-refractivity contribution in [1.29, 1.82) is 0 Å². The summed E-state index contributed by atoms with van der Waals surface area (Å²) in [6.45, 7) is 3.19. The van der Waals surface area contributed by atoms with Crippen molar-refractivity contribution in [2.24, 2.45) is 5.92 Å². The molecule has 0 fully saturated rings. The van der Waals surface area contributed by atoms with Crippen molar-refractivity contribution in [1.82, 2.24) is 9.44 Å². The third-order valence-corrected chi connectivity index (χ3v) is 5.91. The highest BCUT2D eigenvalue weighted by Crippen LogP contribution is 2.08. The Hall–Kier alpha value is -1.49. The van der Waals surface area contributed by atoms with Crippen LogP contribution in [0.25, 0.3) is 0 Å². The predicted octanol–water partition coefficient (Wildman–Crippen LogP) is 0.384. The van der Waals surface area contributed by atoms with E-state index < -0.39 is 37.8 Å². The van der Waals surface area contributed by atoms with Crippen LogP contribution < -0.4 is 9.44 Å². The second-order valence-electron chi connectivity index (χ2n) is 5.67. The van der Waals surface area contributed by atoms with Crippen LogP contribution >= 0.6 is 0 Å². The molecule has 0 heterocycles. The first kappa shape index (κ1) is 20.6. The lowest BCUT2D eigenvalue weighted by molar-refractivity contribution is -0.139. The van der Waals surface area contributed by atoms with Crippen LogP contribution in [0.4, 0.5) is 0 Å². The number of carbonyl (C=O) groups is 1. The molecule has 0 amide bonds. The summed E-state index contributed by atoms with van der Waals surface area (Å²) >= 11 is 0. The van der Waals surface area contributed by atoms with Crippen molar-refractivity contribution < 1.29 is 26.7 Å². The van der Waals surface area contributed by atoms with E-state index in [9.17, 15) is 21.6 Å². The molecule has 10 heteroatoms. The number of hydrogen-bond donors (Lipinski definition) is 3. The fourth-order valence-electron chi connectivity index (χ4n) is 1.94. The molecule has 3 N–H and O–H groups in total. The molecule has 0 radical (unpaired) electrons. The molecule has 0 spiro atoms. The Kier molecular flexibility index (Phi) is 7.33. The van der Waals surface area contributed by atoms with Crippen LogP contribution in [0.1, 0.15) is 20.3 Å². The minimum absolute atomic E-state index is 0.00890. The molecule has 0 aliphatic heterocycles. The SMILES string of the molecule is CC(C)CC(NS(=O)(=O)CCNS(=O)(=O)c1ccccc1)C(=O)O. The standard InChI is InChI=1S/C14H22N2O6S2/c1-11(2)10-13(14(17)18)16-23(19,20)9-8-15-24(21,22)12-6-4-3-5-7-12/h3-7,11,13,15-16H,8-10H2,1-2H3,(H,17,18). The average Bonchev–Trinajstić information content (AvgIpc) is 2.46. The molecule has 1 atom stereocenters. The number of benzene rings is 1. The van der Waals surface area contributed by atoms with E-state index >= 15 is 0 Å². The van der Waals surface area contributed by atoms with Gasteiger partial charge < -0.3 is 5.11 Å². The Balaban J connectivity index is 2.64. The van der Waals surface area contributed by atoms with Crippen LogP contribution in [-0.2, 0) is 24.8 Å². The molecule has 0 bridgehead atoms.